The highest BCUT2D eigenvalue weighted by Gasteiger charge is 2.24. The van der Waals surface area contributed by atoms with Crippen LogP contribution in [0.15, 0.2) is 149 Å². The van der Waals surface area contributed by atoms with Gasteiger partial charge in [0.05, 0.1) is 12.8 Å². The number of hydrogen-bond donors (Lipinski definition) is 3. The third-order valence-electron chi connectivity index (χ3n) is 7.70. The van der Waals surface area contributed by atoms with E-state index in [0.717, 1.165) is 27.3 Å². The Labute approximate surface area is 304 Å². The van der Waals surface area contributed by atoms with Crippen molar-refractivity contribution in [3.63, 3.8) is 0 Å². The van der Waals surface area contributed by atoms with Gasteiger partial charge in [-0.2, -0.15) is 0 Å². The van der Waals surface area contributed by atoms with Crippen molar-refractivity contribution in [1.82, 2.24) is 10.3 Å². The molecule has 1 aromatic heterocycles. The quantitative estimate of drug-likeness (QED) is 0.0864. The van der Waals surface area contributed by atoms with E-state index in [9.17, 15) is 14.4 Å². The maximum Gasteiger partial charge on any atom is 0.272 e. The van der Waals surface area contributed by atoms with Crippen LogP contribution in [0.5, 0.6) is 5.75 Å². The number of benzene rings is 5. The minimum atomic E-state index is -0.613. The molecule has 254 valence electrons. The highest BCUT2D eigenvalue weighted by molar-refractivity contribution is 8.00. The maximum atomic E-state index is 13.8. The highest BCUT2D eigenvalue weighted by Crippen LogP contribution is 2.38. The smallest absolute Gasteiger partial charge is 0.272 e. The second kappa shape index (κ2) is 16.6. The first-order valence-corrected chi connectivity index (χ1v) is 17.8. The molecule has 6 rings (SSSR count). The predicted octanol–water partition coefficient (Wildman–Crippen LogP) is 9.01. The first-order chi connectivity index (χ1) is 24.8. The van der Waals surface area contributed by atoms with Crippen molar-refractivity contribution >= 4 is 57.7 Å². The van der Waals surface area contributed by atoms with Gasteiger partial charge in [-0.3, -0.25) is 14.4 Å². The van der Waals surface area contributed by atoms with Crippen molar-refractivity contribution in [2.24, 2.45) is 0 Å². The molecule has 51 heavy (non-hydrogen) atoms. The van der Waals surface area contributed by atoms with Crippen molar-refractivity contribution in [3.8, 4) is 17.0 Å². The van der Waals surface area contributed by atoms with Gasteiger partial charge in [-0.05, 0) is 66.6 Å². The number of aryl methyl sites for hydroxylation is 1. The molecule has 10 heteroatoms. The third-order valence-corrected chi connectivity index (χ3v) is 9.71. The molecule has 1 unspecified atom stereocenters. The summed E-state index contributed by atoms with van der Waals surface area (Å²) in [5, 5.41) is 10.5. The van der Waals surface area contributed by atoms with Crippen LogP contribution in [0.3, 0.4) is 0 Å². The molecule has 0 aliphatic heterocycles. The number of aromatic nitrogens is 1. The minimum absolute atomic E-state index is 0.0464. The molecule has 1 heterocycles. The molecule has 0 spiro atoms. The predicted molar refractivity (Wildman–Crippen MR) is 206 cm³/mol. The molecule has 0 saturated carbocycles. The number of thiazole rings is 1. The van der Waals surface area contributed by atoms with Crippen molar-refractivity contribution < 1.29 is 19.1 Å². The van der Waals surface area contributed by atoms with E-state index in [4.69, 9.17) is 4.74 Å². The van der Waals surface area contributed by atoms with Gasteiger partial charge in [0.25, 0.3) is 11.8 Å². The Bertz CT molecular complexity index is 2170. The number of nitrogens with one attached hydrogen (secondary N) is 3. The van der Waals surface area contributed by atoms with Gasteiger partial charge in [0.15, 0.2) is 5.13 Å². The second-order valence-corrected chi connectivity index (χ2v) is 13.5. The van der Waals surface area contributed by atoms with Crippen LogP contribution in [-0.4, -0.2) is 29.8 Å². The lowest BCUT2D eigenvalue weighted by Crippen LogP contribution is -2.30. The first kappa shape index (κ1) is 34.9. The van der Waals surface area contributed by atoms with E-state index in [0.29, 0.717) is 27.7 Å². The number of hydrogen-bond acceptors (Lipinski definition) is 7. The first-order valence-electron chi connectivity index (χ1n) is 16.0. The number of ether oxygens (including phenoxy) is 1. The lowest BCUT2D eigenvalue weighted by atomic mass is 10.1. The van der Waals surface area contributed by atoms with Gasteiger partial charge in [-0.25, -0.2) is 4.98 Å². The van der Waals surface area contributed by atoms with Crippen LogP contribution in [-0.2, 0) is 9.59 Å². The van der Waals surface area contributed by atoms with E-state index >= 15 is 0 Å². The van der Waals surface area contributed by atoms with Gasteiger partial charge in [-0.15, -0.1) is 23.1 Å². The number of carbonyl (C=O) groups excluding carboxylic acids is 3. The van der Waals surface area contributed by atoms with Gasteiger partial charge in [0.2, 0.25) is 5.91 Å². The fourth-order valence-corrected chi connectivity index (χ4v) is 6.89. The summed E-state index contributed by atoms with van der Waals surface area (Å²) in [7, 11) is 1.56. The zero-order valence-corrected chi connectivity index (χ0v) is 29.5. The zero-order valence-electron chi connectivity index (χ0n) is 27.8. The number of anilines is 2. The number of carbonyl (C=O) groups is 3. The molecule has 0 aliphatic rings. The normalized spacial score (nSPS) is 11.7. The molecular formula is C41H34N4O4S2. The van der Waals surface area contributed by atoms with Crippen LogP contribution in [0.2, 0.25) is 0 Å². The van der Waals surface area contributed by atoms with Crippen molar-refractivity contribution in [2.75, 3.05) is 17.7 Å². The Hall–Kier alpha value is -5.97. The molecular weight excluding hydrogens is 677 g/mol. The molecule has 3 amide bonds. The summed E-state index contributed by atoms with van der Waals surface area (Å²) in [6.07, 6.45) is 1.59. The second-order valence-electron chi connectivity index (χ2n) is 11.4. The van der Waals surface area contributed by atoms with Crippen LogP contribution < -0.4 is 20.7 Å². The van der Waals surface area contributed by atoms with Gasteiger partial charge in [0.1, 0.15) is 16.7 Å². The average Bonchev–Trinajstić information content (AvgIpc) is 3.63. The summed E-state index contributed by atoms with van der Waals surface area (Å²) in [4.78, 5) is 46.1. The van der Waals surface area contributed by atoms with Crippen molar-refractivity contribution in [3.05, 3.63) is 167 Å². The fourth-order valence-electron chi connectivity index (χ4n) is 5.08. The van der Waals surface area contributed by atoms with Crippen LogP contribution in [0, 0.1) is 6.92 Å². The van der Waals surface area contributed by atoms with Crippen LogP contribution in [0.25, 0.3) is 17.3 Å². The van der Waals surface area contributed by atoms with Crippen LogP contribution >= 0.6 is 23.1 Å². The lowest BCUT2D eigenvalue weighted by Gasteiger charge is -2.17. The Balaban J connectivity index is 1.21. The molecule has 8 nitrogen and oxygen atoms in total. The van der Waals surface area contributed by atoms with E-state index < -0.39 is 17.1 Å². The van der Waals surface area contributed by atoms with E-state index in [-0.39, 0.29) is 11.6 Å². The van der Waals surface area contributed by atoms with E-state index in [1.54, 1.807) is 73.8 Å². The van der Waals surface area contributed by atoms with Crippen LogP contribution in [0.4, 0.5) is 10.8 Å². The van der Waals surface area contributed by atoms with E-state index in [2.05, 4.69) is 20.9 Å². The molecule has 3 N–H and O–H groups in total. The molecule has 1 atom stereocenters. The SMILES string of the molecule is COc1cccc(/C=C(\NC(=O)c2ccccc2)C(=O)Nc2cccc(SC(C(=O)Nc3nc(-c4ccc(C)cc4)cs3)c3ccccc3)c2)c1. The monoisotopic (exact) mass is 710 g/mol. The third kappa shape index (κ3) is 9.39. The number of methoxy groups -OCH3 is 1. The Kier molecular flexibility index (Phi) is 11.4. The highest BCUT2D eigenvalue weighted by atomic mass is 32.2. The molecule has 0 bridgehead atoms. The largest absolute Gasteiger partial charge is 0.497 e. The van der Waals surface area contributed by atoms with Gasteiger partial charge in [-0.1, -0.05) is 96.6 Å². The van der Waals surface area contributed by atoms with Gasteiger partial charge >= 0.3 is 0 Å². The summed E-state index contributed by atoms with van der Waals surface area (Å²) < 4.78 is 5.34. The number of thioether (sulfide) groups is 1. The van der Waals surface area contributed by atoms with E-state index in [1.807, 2.05) is 85.1 Å². The average molecular weight is 711 g/mol. The summed E-state index contributed by atoms with van der Waals surface area (Å²) in [6.45, 7) is 2.03. The number of nitrogens with zero attached hydrogens (tertiary/aromatic N) is 1. The molecule has 0 saturated heterocycles. The fraction of sp³-hybridized carbons (Fsp3) is 0.0732. The lowest BCUT2D eigenvalue weighted by molar-refractivity contribution is -0.116. The number of amides is 3. The van der Waals surface area contributed by atoms with Gasteiger partial charge in [0, 0.05) is 27.1 Å². The van der Waals surface area contributed by atoms with Crippen molar-refractivity contribution in [2.45, 2.75) is 17.1 Å². The zero-order chi connectivity index (χ0) is 35.6. The Morgan fingerprint density at radius 1 is 0.804 bits per heavy atom. The topological polar surface area (TPSA) is 109 Å². The molecule has 5 aromatic carbocycles. The summed E-state index contributed by atoms with van der Waals surface area (Å²) in [6, 6.07) is 40.7. The summed E-state index contributed by atoms with van der Waals surface area (Å²) in [5.41, 5.74) is 5.37. The standard InChI is InChI=1S/C41H34N4O4S2/c1-27-19-21-29(22-20-27)36-26-50-41(44-36)45-40(48)37(30-12-5-3-6-13-30)51-34-18-10-16-32(25-34)42-39(47)35(24-28-11-9-17-33(23-28)49-2)43-38(46)31-14-7-4-8-15-31/h3-26,37H,1-2H3,(H,42,47)(H,43,46)(H,44,45,48)/b35-24-. The van der Waals surface area contributed by atoms with Crippen molar-refractivity contribution in [1.29, 1.82) is 0 Å². The summed E-state index contributed by atoms with van der Waals surface area (Å²) >= 11 is 2.72. The minimum Gasteiger partial charge on any atom is -0.497 e. The van der Waals surface area contributed by atoms with E-state index in [1.165, 1.54) is 23.1 Å². The molecule has 0 radical (unpaired) electrons. The Morgan fingerprint density at radius 2 is 1.53 bits per heavy atom. The van der Waals surface area contributed by atoms with Crippen LogP contribution in [0.1, 0.15) is 32.3 Å². The number of rotatable bonds is 12. The van der Waals surface area contributed by atoms with Gasteiger partial charge < -0.3 is 20.7 Å². The molecule has 0 aliphatic carbocycles. The molecule has 0 fully saturated rings. The molecule has 6 aromatic rings. The maximum absolute atomic E-state index is 13.8. The summed E-state index contributed by atoms with van der Waals surface area (Å²) in [5.74, 6) is -0.555. The Morgan fingerprint density at radius 3 is 2.27 bits per heavy atom.